The van der Waals surface area contributed by atoms with Crippen molar-refractivity contribution in [3.8, 4) is 0 Å². The SMILES string of the molecule is COC(=O)CCNC(=O)c1cc(SC)ccc1Cl. The zero-order valence-electron chi connectivity index (χ0n) is 10.2. The van der Waals surface area contributed by atoms with E-state index in [1.807, 2.05) is 12.3 Å². The van der Waals surface area contributed by atoms with Gasteiger partial charge in [-0.2, -0.15) is 0 Å². The third-order valence-corrected chi connectivity index (χ3v) is 3.32. The van der Waals surface area contributed by atoms with E-state index < -0.39 is 0 Å². The van der Waals surface area contributed by atoms with Crippen LogP contribution >= 0.6 is 23.4 Å². The minimum absolute atomic E-state index is 0.141. The number of methoxy groups -OCH3 is 1. The van der Waals surface area contributed by atoms with Crippen LogP contribution in [0, 0.1) is 0 Å². The number of nitrogens with one attached hydrogen (secondary N) is 1. The highest BCUT2D eigenvalue weighted by Gasteiger charge is 2.11. The second kappa shape index (κ2) is 7.28. The molecule has 0 unspecified atom stereocenters. The number of halogens is 1. The minimum Gasteiger partial charge on any atom is -0.469 e. The molecule has 0 heterocycles. The molecule has 0 radical (unpaired) electrons. The van der Waals surface area contributed by atoms with Gasteiger partial charge in [-0.25, -0.2) is 0 Å². The fourth-order valence-corrected chi connectivity index (χ4v) is 1.92. The Morgan fingerprint density at radius 2 is 2.17 bits per heavy atom. The molecule has 1 aromatic carbocycles. The molecular formula is C12H14ClNO3S. The van der Waals surface area contributed by atoms with Crippen molar-refractivity contribution in [2.45, 2.75) is 11.3 Å². The molecule has 1 rings (SSSR count). The zero-order valence-corrected chi connectivity index (χ0v) is 11.7. The van der Waals surface area contributed by atoms with Crippen molar-refractivity contribution < 1.29 is 14.3 Å². The van der Waals surface area contributed by atoms with E-state index in [1.54, 1.807) is 12.1 Å². The highest BCUT2D eigenvalue weighted by atomic mass is 35.5. The van der Waals surface area contributed by atoms with Crippen LogP contribution in [0.3, 0.4) is 0 Å². The third-order valence-electron chi connectivity index (χ3n) is 2.26. The first-order chi connectivity index (χ1) is 8.58. The number of hydrogen-bond donors (Lipinski definition) is 1. The Bertz CT molecular complexity index is 451. The van der Waals surface area contributed by atoms with Crippen molar-refractivity contribution in [2.75, 3.05) is 19.9 Å². The largest absolute Gasteiger partial charge is 0.469 e. The molecule has 1 N–H and O–H groups in total. The summed E-state index contributed by atoms with van der Waals surface area (Å²) in [4.78, 5) is 23.7. The summed E-state index contributed by atoms with van der Waals surface area (Å²) < 4.78 is 4.48. The maximum atomic E-state index is 11.8. The number of thioether (sulfide) groups is 1. The molecule has 0 saturated heterocycles. The number of amides is 1. The van der Waals surface area contributed by atoms with Gasteiger partial charge < -0.3 is 10.1 Å². The summed E-state index contributed by atoms with van der Waals surface area (Å²) in [6, 6.07) is 5.25. The van der Waals surface area contributed by atoms with Crippen LogP contribution in [0.5, 0.6) is 0 Å². The molecule has 0 spiro atoms. The number of benzene rings is 1. The van der Waals surface area contributed by atoms with Gasteiger partial charge in [-0.1, -0.05) is 11.6 Å². The van der Waals surface area contributed by atoms with E-state index in [0.29, 0.717) is 10.6 Å². The average Bonchev–Trinajstić information content (AvgIpc) is 2.38. The fraction of sp³-hybridized carbons (Fsp3) is 0.333. The van der Waals surface area contributed by atoms with Gasteiger partial charge in [0.1, 0.15) is 0 Å². The van der Waals surface area contributed by atoms with Crippen LogP contribution in [0.15, 0.2) is 23.1 Å². The lowest BCUT2D eigenvalue weighted by Crippen LogP contribution is -2.26. The van der Waals surface area contributed by atoms with E-state index >= 15 is 0 Å². The van der Waals surface area contributed by atoms with E-state index in [-0.39, 0.29) is 24.8 Å². The summed E-state index contributed by atoms with van der Waals surface area (Å²) in [6.07, 6.45) is 2.06. The monoisotopic (exact) mass is 287 g/mol. The van der Waals surface area contributed by atoms with Gasteiger partial charge >= 0.3 is 5.97 Å². The molecule has 6 heteroatoms. The summed E-state index contributed by atoms with van der Waals surface area (Å²) in [7, 11) is 1.31. The van der Waals surface area contributed by atoms with Gasteiger partial charge in [-0.05, 0) is 24.5 Å². The van der Waals surface area contributed by atoms with Crippen molar-refractivity contribution >= 4 is 35.2 Å². The first kappa shape index (κ1) is 14.9. The lowest BCUT2D eigenvalue weighted by molar-refractivity contribution is -0.140. The summed E-state index contributed by atoms with van der Waals surface area (Å²) in [5.74, 6) is -0.654. The molecule has 0 aromatic heterocycles. The molecule has 98 valence electrons. The van der Waals surface area contributed by atoms with Gasteiger partial charge in [0.15, 0.2) is 0 Å². The number of carbonyl (C=O) groups is 2. The van der Waals surface area contributed by atoms with E-state index in [0.717, 1.165) is 4.90 Å². The number of rotatable bonds is 5. The third kappa shape index (κ3) is 4.23. The van der Waals surface area contributed by atoms with Crippen molar-refractivity contribution in [2.24, 2.45) is 0 Å². The maximum absolute atomic E-state index is 11.8. The minimum atomic E-state index is -0.362. The first-order valence-electron chi connectivity index (χ1n) is 5.27. The number of hydrogen-bond acceptors (Lipinski definition) is 4. The molecule has 0 aliphatic rings. The molecule has 0 fully saturated rings. The molecule has 18 heavy (non-hydrogen) atoms. The van der Waals surface area contributed by atoms with Crippen LogP contribution in [-0.4, -0.2) is 31.8 Å². The highest BCUT2D eigenvalue weighted by molar-refractivity contribution is 7.98. The van der Waals surface area contributed by atoms with Crippen LogP contribution in [-0.2, 0) is 9.53 Å². The Hall–Kier alpha value is -1.20. The van der Waals surface area contributed by atoms with Crippen LogP contribution in [0.25, 0.3) is 0 Å². The fourth-order valence-electron chi connectivity index (χ4n) is 1.28. The Kier molecular flexibility index (Phi) is 6.01. The van der Waals surface area contributed by atoms with Gasteiger partial charge in [-0.15, -0.1) is 11.8 Å². The first-order valence-corrected chi connectivity index (χ1v) is 6.87. The van der Waals surface area contributed by atoms with Crippen LogP contribution in [0.2, 0.25) is 5.02 Å². The second-order valence-corrected chi connectivity index (χ2v) is 4.71. The second-order valence-electron chi connectivity index (χ2n) is 3.43. The number of esters is 1. The van der Waals surface area contributed by atoms with Gasteiger partial charge in [0.05, 0.1) is 24.1 Å². The molecule has 0 aliphatic heterocycles. The average molecular weight is 288 g/mol. The van der Waals surface area contributed by atoms with Crippen molar-refractivity contribution in [3.63, 3.8) is 0 Å². The number of carbonyl (C=O) groups excluding carboxylic acids is 2. The molecule has 0 bridgehead atoms. The molecule has 0 atom stereocenters. The molecule has 1 amide bonds. The van der Waals surface area contributed by atoms with Crippen LogP contribution in [0.1, 0.15) is 16.8 Å². The predicted molar refractivity (Wildman–Crippen MR) is 72.2 cm³/mol. The lowest BCUT2D eigenvalue weighted by atomic mass is 10.2. The van der Waals surface area contributed by atoms with E-state index in [4.69, 9.17) is 11.6 Å². The smallest absolute Gasteiger partial charge is 0.307 e. The van der Waals surface area contributed by atoms with Crippen molar-refractivity contribution in [1.82, 2.24) is 5.32 Å². The van der Waals surface area contributed by atoms with E-state index in [1.165, 1.54) is 18.9 Å². The van der Waals surface area contributed by atoms with Crippen molar-refractivity contribution in [3.05, 3.63) is 28.8 Å². The Balaban J connectivity index is 2.63. The summed E-state index contributed by atoms with van der Waals surface area (Å²) in [6.45, 7) is 0.228. The lowest BCUT2D eigenvalue weighted by Gasteiger charge is -2.07. The van der Waals surface area contributed by atoms with E-state index in [2.05, 4.69) is 10.1 Å². The van der Waals surface area contributed by atoms with Gasteiger partial charge in [0.25, 0.3) is 5.91 Å². The number of ether oxygens (including phenoxy) is 1. The molecule has 4 nitrogen and oxygen atoms in total. The highest BCUT2D eigenvalue weighted by Crippen LogP contribution is 2.22. The maximum Gasteiger partial charge on any atom is 0.307 e. The quantitative estimate of drug-likeness (QED) is 0.667. The zero-order chi connectivity index (χ0) is 13.5. The van der Waals surface area contributed by atoms with Crippen LogP contribution in [0.4, 0.5) is 0 Å². The van der Waals surface area contributed by atoms with Gasteiger partial charge in [-0.3, -0.25) is 9.59 Å². The van der Waals surface area contributed by atoms with Crippen molar-refractivity contribution in [1.29, 1.82) is 0 Å². The standard InChI is InChI=1S/C12H14ClNO3S/c1-17-11(15)5-6-14-12(16)9-7-8(18-2)3-4-10(9)13/h3-4,7H,5-6H2,1-2H3,(H,14,16). The van der Waals surface area contributed by atoms with E-state index in [9.17, 15) is 9.59 Å². The van der Waals surface area contributed by atoms with Crippen LogP contribution < -0.4 is 5.32 Å². The Morgan fingerprint density at radius 3 is 2.78 bits per heavy atom. The summed E-state index contributed by atoms with van der Waals surface area (Å²) >= 11 is 7.48. The molecule has 0 aliphatic carbocycles. The Labute approximate surface area is 115 Å². The predicted octanol–water partition coefficient (Wildman–Crippen LogP) is 2.35. The Morgan fingerprint density at radius 1 is 1.44 bits per heavy atom. The van der Waals surface area contributed by atoms with Gasteiger partial charge in [0, 0.05) is 11.4 Å². The van der Waals surface area contributed by atoms with Gasteiger partial charge in [0.2, 0.25) is 0 Å². The topological polar surface area (TPSA) is 55.4 Å². The normalized spacial score (nSPS) is 9.94. The molecule has 1 aromatic rings. The summed E-state index contributed by atoms with van der Waals surface area (Å²) in [5.41, 5.74) is 0.411. The molecular weight excluding hydrogens is 274 g/mol. The molecule has 0 saturated carbocycles. The summed E-state index contributed by atoms with van der Waals surface area (Å²) in [5, 5.41) is 3.01.